The van der Waals surface area contributed by atoms with Crippen molar-refractivity contribution < 1.29 is 14.4 Å². The van der Waals surface area contributed by atoms with Gasteiger partial charge in [-0.2, -0.15) is 5.10 Å². The lowest BCUT2D eigenvalue weighted by Gasteiger charge is -2.31. The highest BCUT2D eigenvalue weighted by Crippen LogP contribution is 2.33. The third-order valence-electron chi connectivity index (χ3n) is 5.88. The van der Waals surface area contributed by atoms with E-state index in [0.29, 0.717) is 25.2 Å². The number of hydrogen-bond donors (Lipinski definition) is 2. The summed E-state index contributed by atoms with van der Waals surface area (Å²) >= 11 is 1.86. The molecule has 28 heavy (non-hydrogen) atoms. The molecular formula is C20H23IN4O3. The molecule has 1 aromatic heterocycles. The minimum Gasteiger partial charge on any atom is -0.303 e. The zero-order valence-corrected chi connectivity index (χ0v) is 17.7. The van der Waals surface area contributed by atoms with Crippen LogP contribution >= 0.6 is 22.6 Å². The number of likely N-dealkylation sites (tertiary alicyclic amines) is 1. The molecular weight excluding hydrogens is 471 g/mol. The van der Waals surface area contributed by atoms with Crippen molar-refractivity contribution in [3.8, 4) is 0 Å². The Balaban J connectivity index is 1.46. The highest BCUT2D eigenvalue weighted by Gasteiger charge is 2.31. The second-order valence-electron chi connectivity index (χ2n) is 7.64. The highest BCUT2D eigenvalue weighted by molar-refractivity contribution is 14.1. The summed E-state index contributed by atoms with van der Waals surface area (Å²) in [7, 11) is 0. The molecule has 0 spiro atoms. The lowest BCUT2D eigenvalue weighted by Crippen LogP contribution is -2.39. The number of amides is 2. The van der Waals surface area contributed by atoms with Crippen LogP contribution in [0.2, 0.25) is 0 Å². The van der Waals surface area contributed by atoms with E-state index in [2.05, 4.69) is 32.5 Å². The van der Waals surface area contributed by atoms with Crippen LogP contribution in [-0.2, 0) is 14.4 Å². The summed E-state index contributed by atoms with van der Waals surface area (Å²) < 4.78 is 0.218. The van der Waals surface area contributed by atoms with Crippen molar-refractivity contribution in [1.29, 1.82) is 0 Å². The smallest absolute Gasteiger partial charge is 0.235 e. The number of imide groups is 1. The molecule has 2 amide bonds. The van der Waals surface area contributed by atoms with Crippen LogP contribution in [0.5, 0.6) is 0 Å². The lowest BCUT2D eigenvalue weighted by molar-refractivity contribution is -0.134. The van der Waals surface area contributed by atoms with Gasteiger partial charge in [-0.3, -0.25) is 24.8 Å². The van der Waals surface area contributed by atoms with Gasteiger partial charge in [0.2, 0.25) is 11.8 Å². The fourth-order valence-electron chi connectivity index (χ4n) is 4.27. The normalized spacial score (nSPS) is 21.8. The van der Waals surface area contributed by atoms with Gasteiger partial charge in [-0.05, 0) is 72.5 Å². The second kappa shape index (κ2) is 8.28. The number of nitrogens with zero attached hydrogens (tertiary/aromatic N) is 2. The van der Waals surface area contributed by atoms with Crippen LogP contribution in [0.15, 0.2) is 18.2 Å². The van der Waals surface area contributed by atoms with Crippen LogP contribution in [-0.4, -0.2) is 50.3 Å². The largest absolute Gasteiger partial charge is 0.303 e. The van der Waals surface area contributed by atoms with E-state index >= 15 is 0 Å². The minimum absolute atomic E-state index is 0.207. The van der Waals surface area contributed by atoms with Crippen molar-refractivity contribution in [2.75, 3.05) is 19.6 Å². The molecule has 2 aliphatic rings. The topological polar surface area (TPSA) is 95.2 Å². The first-order valence-corrected chi connectivity index (χ1v) is 10.8. The zero-order valence-electron chi connectivity index (χ0n) is 15.5. The summed E-state index contributed by atoms with van der Waals surface area (Å²) in [5.41, 5.74) is 2.94. The predicted octanol–water partition coefficient (Wildman–Crippen LogP) is 2.61. The summed E-state index contributed by atoms with van der Waals surface area (Å²) in [4.78, 5) is 37.1. The van der Waals surface area contributed by atoms with Crippen LogP contribution < -0.4 is 5.32 Å². The molecule has 2 N–H and O–H groups in total. The molecule has 2 aliphatic heterocycles. The number of nitrogens with one attached hydrogen (secondary N) is 2. The van der Waals surface area contributed by atoms with Gasteiger partial charge >= 0.3 is 0 Å². The fraction of sp³-hybridized carbons (Fsp3) is 0.500. The zero-order chi connectivity index (χ0) is 19.7. The van der Waals surface area contributed by atoms with Crippen LogP contribution in [0, 0.1) is 0 Å². The number of piperidine rings is 2. The molecule has 1 unspecified atom stereocenters. The Labute approximate surface area is 176 Å². The minimum atomic E-state index is -0.350. The molecule has 0 radical (unpaired) electrons. The molecule has 148 valence electrons. The molecule has 0 bridgehead atoms. The second-order valence-corrected chi connectivity index (χ2v) is 8.84. The first-order chi connectivity index (χ1) is 13.5. The Bertz CT molecular complexity index is 917. The number of halogens is 1. The first kappa shape index (κ1) is 19.5. The molecule has 7 nitrogen and oxygen atoms in total. The average molecular weight is 494 g/mol. The van der Waals surface area contributed by atoms with Gasteiger partial charge in [0.1, 0.15) is 0 Å². The third-order valence-corrected chi connectivity index (χ3v) is 6.42. The molecule has 2 fully saturated rings. The Hall–Kier alpha value is -1.81. The Morgan fingerprint density at radius 1 is 1.21 bits per heavy atom. The van der Waals surface area contributed by atoms with E-state index in [4.69, 9.17) is 0 Å². The Morgan fingerprint density at radius 3 is 2.71 bits per heavy atom. The van der Waals surface area contributed by atoms with Gasteiger partial charge in [0, 0.05) is 24.8 Å². The van der Waals surface area contributed by atoms with E-state index in [1.165, 1.54) is 5.56 Å². The molecule has 2 saturated heterocycles. The molecule has 1 atom stereocenters. The van der Waals surface area contributed by atoms with Gasteiger partial charge < -0.3 is 4.90 Å². The standard InChI is InChI=1S/C20H23IN4O3/c21-17(26)7-10-25-8-5-12(6-9-25)13-1-2-14-16(11-13)23-24-19(14)15-3-4-18(27)22-20(15)28/h1-2,11-12,15H,3-10H2,(H,23,24)(H,22,27,28). The van der Waals surface area contributed by atoms with Gasteiger partial charge in [0.15, 0.2) is 3.79 Å². The van der Waals surface area contributed by atoms with E-state index in [0.717, 1.165) is 49.1 Å². The first-order valence-electron chi connectivity index (χ1n) is 9.73. The number of aromatic amines is 1. The van der Waals surface area contributed by atoms with Gasteiger partial charge in [0.05, 0.1) is 17.1 Å². The molecule has 0 aliphatic carbocycles. The monoisotopic (exact) mass is 494 g/mol. The van der Waals surface area contributed by atoms with Gasteiger partial charge in [-0.1, -0.05) is 12.1 Å². The van der Waals surface area contributed by atoms with Crippen molar-refractivity contribution in [2.45, 2.75) is 43.9 Å². The highest BCUT2D eigenvalue weighted by atomic mass is 127. The van der Waals surface area contributed by atoms with Crippen molar-refractivity contribution in [3.05, 3.63) is 29.5 Å². The van der Waals surface area contributed by atoms with Crippen molar-refractivity contribution in [3.63, 3.8) is 0 Å². The summed E-state index contributed by atoms with van der Waals surface area (Å²) in [5.74, 6) is -0.311. The summed E-state index contributed by atoms with van der Waals surface area (Å²) in [6, 6.07) is 6.31. The van der Waals surface area contributed by atoms with Crippen molar-refractivity contribution >= 4 is 49.1 Å². The quantitative estimate of drug-likeness (QED) is 0.379. The van der Waals surface area contributed by atoms with Gasteiger partial charge in [-0.15, -0.1) is 0 Å². The van der Waals surface area contributed by atoms with E-state index in [1.807, 2.05) is 28.7 Å². The number of carbonyl (C=O) groups is 3. The average Bonchev–Trinajstić information content (AvgIpc) is 3.10. The van der Waals surface area contributed by atoms with Crippen molar-refractivity contribution in [2.24, 2.45) is 0 Å². The van der Waals surface area contributed by atoms with Crippen LogP contribution in [0.25, 0.3) is 10.9 Å². The molecule has 8 heteroatoms. The molecule has 4 rings (SSSR count). The number of benzene rings is 1. The molecule has 3 heterocycles. The predicted molar refractivity (Wildman–Crippen MR) is 113 cm³/mol. The lowest BCUT2D eigenvalue weighted by atomic mass is 9.88. The van der Waals surface area contributed by atoms with E-state index in [1.54, 1.807) is 0 Å². The summed E-state index contributed by atoms with van der Waals surface area (Å²) in [6.45, 7) is 2.87. The summed E-state index contributed by atoms with van der Waals surface area (Å²) in [5, 5.41) is 10.8. The number of rotatable bonds is 5. The molecule has 2 aromatic rings. The third kappa shape index (κ3) is 4.12. The maximum Gasteiger partial charge on any atom is 0.235 e. The van der Waals surface area contributed by atoms with E-state index < -0.39 is 0 Å². The van der Waals surface area contributed by atoms with E-state index in [9.17, 15) is 14.4 Å². The number of carbonyl (C=O) groups excluding carboxylic acids is 3. The Kier molecular flexibility index (Phi) is 5.77. The Morgan fingerprint density at radius 2 is 2.00 bits per heavy atom. The summed E-state index contributed by atoms with van der Waals surface area (Å²) in [6.07, 6.45) is 3.64. The van der Waals surface area contributed by atoms with Crippen molar-refractivity contribution in [1.82, 2.24) is 20.4 Å². The number of fused-ring (bicyclic) bond motifs is 1. The van der Waals surface area contributed by atoms with Crippen LogP contribution in [0.1, 0.15) is 55.2 Å². The van der Waals surface area contributed by atoms with E-state index in [-0.39, 0.29) is 21.5 Å². The van der Waals surface area contributed by atoms with Gasteiger partial charge in [-0.25, -0.2) is 0 Å². The molecule has 0 saturated carbocycles. The fourth-order valence-corrected chi connectivity index (χ4v) is 4.52. The number of hydrogen-bond acceptors (Lipinski definition) is 5. The van der Waals surface area contributed by atoms with Crippen LogP contribution in [0.4, 0.5) is 0 Å². The van der Waals surface area contributed by atoms with Crippen LogP contribution in [0.3, 0.4) is 0 Å². The molecule has 1 aromatic carbocycles. The number of H-pyrrole nitrogens is 1. The maximum atomic E-state index is 12.2. The van der Waals surface area contributed by atoms with Gasteiger partial charge in [0.25, 0.3) is 0 Å². The maximum absolute atomic E-state index is 12.2. The SMILES string of the molecule is O=C(I)CCN1CCC(c2ccc3c(C4CCC(=O)NC4=O)[nH]nc3c2)CC1. The number of aromatic nitrogens is 2.